The minimum atomic E-state index is -0.378. The van der Waals surface area contributed by atoms with Gasteiger partial charge in [0, 0.05) is 35.4 Å². The predicted octanol–water partition coefficient (Wildman–Crippen LogP) is 1.86. The molecule has 0 bridgehead atoms. The van der Waals surface area contributed by atoms with E-state index in [2.05, 4.69) is 20.9 Å². The van der Waals surface area contributed by atoms with Crippen molar-refractivity contribution in [3.05, 3.63) is 28.5 Å². The molecule has 0 aromatic carbocycles. The van der Waals surface area contributed by atoms with Crippen molar-refractivity contribution >= 4 is 21.8 Å². The first-order chi connectivity index (χ1) is 9.56. The second kappa shape index (κ2) is 4.04. The summed E-state index contributed by atoms with van der Waals surface area (Å²) in [5.41, 5.74) is 0.654. The van der Waals surface area contributed by atoms with Gasteiger partial charge in [-0.05, 0) is 53.2 Å². The van der Waals surface area contributed by atoms with E-state index in [9.17, 15) is 9.90 Å². The fraction of sp³-hybridized carbons (Fsp3) is 0.600. The zero-order chi connectivity index (χ0) is 14.0. The molecule has 0 radical (unpaired) electrons. The quantitative estimate of drug-likeness (QED) is 0.896. The summed E-state index contributed by atoms with van der Waals surface area (Å²) >= 11 is 3.43. The number of rotatable bonds is 2. The van der Waals surface area contributed by atoms with Gasteiger partial charge in [0.15, 0.2) is 0 Å². The standard InChI is InChI=1S/C15H17BrN2O2/c16-11-5-10(6-17-7-11)15(3-4-15)13(20)18-8-12(19)14(9-18)1-2-14/h5-7,12,19H,1-4,8-9H2. The van der Waals surface area contributed by atoms with Crippen LogP contribution in [0, 0.1) is 5.41 Å². The normalized spacial score (nSPS) is 28.7. The Morgan fingerprint density at radius 2 is 2.10 bits per heavy atom. The van der Waals surface area contributed by atoms with E-state index in [1.165, 1.54) is 0 Å². The molecule has 3 fully saturated rings. The maximum atomic E-state index is 12.9. The van der Waals surface area contributed by atoms with Gasteiger partial charge in [-0.2, -0.15) is 0 Å². The van der Waals surface area contributed by atoms with Gasteiger partial charge in [-0.1, -0.05) is 0 Å². The van der Waals surface area contributed by atoms with Crippen molar-refractivity contribution < 1.29 is 9.90 Å². The third kappa shape index (κ3) is 1.76. The van der Waals surface area contributed by atoms with Crippen molar-refractivity contribution in [3.63, 3.8) is 0 Å². The van der Waals surface area contributed by atoms with Gasteiger partial charge in [-0.3, -0.25) is 9.78 Å². The molecule has 5 heteroatoms. The smallest absolute Gasteiger partial charge is 0.233 e. The number of aliphatic hydroxyl groups excluding tert-OH is 1. The van der Waals surface area contributed by atoms with Crippen LogP contribution in [0.4, 0.5) is 0 Å². The number of halogens is 1. The Balaban J connectivity index is 1.60. The number of aromatic nitrogens is 1. The molecule has 2 aliphatic carbocycles. The van der Waals surface area contributed by atoms with Crippen molar-refractivity contribution in [2.75, 3.05) is 13.1 Å². The minimum Gasteiger partial charge on any atom is -0.391 e. The van der Waals surface area contributed by atoms with Crippen LogP contribution >= 0.6 is 15.9 Å². The molecule has 1 aromatic rings. The van der Waals surface area contributed by atoms with Crippen LogP contribution in [-0.2, 0) is 10.2 Å². The third-order valence-corrected chi connectivity index (χ3v) is 5.64. The summed E-state index contributed by atoms with van der Waals surface area (Å²) in [4.78, 5) is 18.9. The van der Waals surface area contributed by atoms with Gasteiger partial charge in [-0.25, -0.2) is 0 Å². The van der Waals surface area contributed by atoms with Crippen LogP contribution < -0.4 is 0 Å². The molecule has 1 N–H and O–H groups in total. The molecule has 1 spiro atoms. The molecule has 2 saturated carbocycles. The van der Waals surface area contributed by atoms with E-state index < -0.39 is 0 Å². The number of pyridine rings is 1. The molecule has 3 aliphatic rings. The number of β-amino-alcohol motifs (C(OH)–C–C–N with tert-alkyl or cyclic N) is 1. The van der Waals surface area contributed by atoms with E-state index in [-0.39, 0.29) is 22.8 Å². The molecular weight excluding hydrogens is 320 g/mol. The van der Waals surface area contributed by atoms with Crippen LogP contribution in [0.1, 0.15) is 31.2 Å². The molecule has 1 saturated heterocycles. The molecule has 106 valence electrons. The second-order valence-electron chi connectivity index (χ2n) is 6.54. The number of nitrogens with zero attached hydrogens (tertiary/aromatic N) is 2. The molecule has 1 aliphatic heterocycles. The first-order valence-corrected chi connectivity index (χ1v) is 7.94. The highest BCUT2D eigenvalue weighted by atomic mass is 79.9. The van der Waals surface area contributed by atoms with E-state index in [1.807, 2.05) is 11.0 Å². The topological polar surface area (TPSA) is 53.4 Å². The Hall–Kier alpha value is -0.940. The summed E-state index contributed by atoms with van der Waals surface area (Å²) in [5, 5.41) is 10.1. The Bertz CT molecular complexity index is 581. The number of aliphatic hydroxyl groups is 1. The molecule has 1 aromatic heterocycles. The molecule has 2 heterocycles. The van der Waals surface area contributed by atoms with Gasteiger partial charge in [0.25, 0.3) is 0 Å². The largest absolute Gasteiger partial charge is 0.391 e. The van der Waals surface area contributed by atoms with Crippen molar-refractivity contribution in [2.24, 2.45) is 5.41 Å². The Morgan fingerprint density at radius 1 is 1.35 bits per heavy atom. The zero-order valence-corrected chi connectivity index (χ0v) is 12.8. The average molecular weight is 337 g/mol. The lowest BCUT2D eigenvalue weighted by molar-refractivity contribution is -0.133. The number of hydrogen-bond donors (Lipinski definition) is 1. The maximum Gasteiger partial charge on any atom is 0.233 e. The lowest BCUT2D eigenvalue weighted by Gasteiger charge is -2.23. The first kappa shape index (κ1) is 12.8. The first-order valence-electron chi connectivity index (χ1n) is 7.14. The van der Waals surface area contributed by atoms with Crippen LogP contribution in [0.2, 0.25) is 0 Å². The average Bonchev–Trinajstić information content (AvgIpc) is 3.31. The van der Waals surface area contributed by atoms with Crippen LogP contribution in [0.3, 0.4) is 0 Å². The van der Waals surface area contributed by atoms with Gasteiger partial charge >= 0.3 is 0 Å². The van der Waals surface area contributed by atoms with Crippen LogP contribution in [0.5, 0.6) is 0 Å². The highest BCUT2D eigenvalue weighted by molar-refractivity contribution is 9.10. The van der Waals surface area contributed by atoms with Crippen molar-refractivity contribution in [1.82, 2.24) is 9.88 Å². The molecule has 20 heavy (non-hydrogen) atoms. The van der Waals surface area contributed by atoms with E-state index in [0.717, 1.165) is 42.3 Å². The molecule has 4 rings (SSSR count). The number of carbonyl (C=O) groups excluding carboxylic acids is 1. The Labute approximate surface area is 126 Å². The lowest BCUT2D eigenvalue weighted by atomic mass is 9.96. The zero-order valence-electron chi connectivity index (χ0n) is 11.2. The molecule has 1 unspecified atom stereocenters. The van der Waals surface area contributed by atoms with Crippen LogP contribution in [0.25, 0.3) is 0 Å². The monoisotopic (exact) mass is 336 g/mol. The Morgan fingerprint density at radius 3 is 2.65 bits per heavy atom. The second-order valence-corrected chi connectivity index (χ2v) is 7.45. The molecule has 1 atom stereocenters. The SMILES string of the molecule is O=C(N1CC(O)C2(CC2)C1)C1(c2cncc(Br)c2)CC1. The fourth-order valence-corrected chi connectivity index (χ4v) is 3.85. The number of amides is 1. The Kier molecular flexibility index (Phi) is 2.58. The summed E-state index contributed by atoms with van der Waals surface area (Å²) in [6.45, 7) is 1.23. The van der Waals surface area contributed by atoms with Crippen molar-refractivity contribution in [2.45, 2.75) is 37.2 Å². The highest BCUT2D eigenvalue weighted by Gasteiger charge is 2.60. The van der Waals surface area contributed by atoms with E-state index in [4.69, 9.17) is 0 Å². The minimum absolute atomic E-state index is 0.0290. The summed E-state index contributed by atoms with van der Waals surface area (Å²) in [6, 6.07) is 2.00. The van der Waals surface area contributed by atoms with Gasteiger partial charge in [0.1, 0.15) is 0 Å². The fourth-order valence-electron chi connectivity index (χ4n) is 3.49. The predicted molar refractivity (Wildman–Crippen MR) is 77.1 cm³/mol. The van der Waals surface area contributed by atoms with E-state index in [1.54, 1.807) is 12.4 Å². The summed E-state index contributed by atoms with van der Waals surface area (Å²) < 4.78 is 0.911. The van der Waals surface area contributed by atoms with E-state index >= 15 is 0 Å². The van der Waals surface area contributed by atoms with Gasteiger partial charge in [0.2, 0.25) is 5.91 Å². The van der Waals surface area contributed by atoms with Crippen molar-refractivity contribution in [1.29, 1.82) is 0 Å². The summed E-state index contributed by atoms with van der Waals surface area (Å²) in [5.74, 6) is 0.181. The summed E-state index contributed by atoms with van der Waals surface area (Å²) in [6.07, 6.45) is 7.11. The van der Waals surface area contributed by atoms with Crippen molar-refractivity contribution in [3.8, 4) is 0 Å². The number of carbonyl (C=O) groups is 1. The van der Waals surface area contributed by atoms with E-state index in [0.29, 0.717) is 6.54 Å². The number of hydrogen-bond acceptors (Lipinski definition) is 3. The molecular formula is C15H17BrN2O2. The van der Waals surface area contributed by atoms with Crippen LogP contribution in [0.15, 0.2) is 22.9 Å². The highest BCUT2D eigenvalue weighted by Crippen LogP contribution is 2.56. The molecule has 1 amide bonds. The van der Waals surface area contributed by atoms with Gasteiger partial charge in [-0.15, -0.1) is 0 Å². The van der Waals surface area contributed by atoms with Gasteiger partial charge < -0.3 is 10.0 Å². The maximum absolute atomic E-state index is 12.9. The van der Waals surface area contributed by atoms with Crippen LogP contribution in [-0.4, -0.2) is 40.1 Å². The number of likely N-dealkylation sites (tertiary alicyclic amines) is 1. The summed E-state index contributed by atoms with van der Waals surface area (Å²) in [7, 11) is 0. The van der Waals surface area contributed by atoms with Gasteiger partial charge in [0.05, 0.1) is 11.5 Å². The molecule has 4 nitrogen and oxygen atoms in total. The third-order valence-electron chi connectivity index (χ3n) is 5.20. The lowest BCUT2D eigenvalue weighted by Crippen LogP contribution is -2.38.